The zero-order chi connectivity index (χ0) is 18.9. The lowest BCUT2D eigenvalue weighted by atomic mass is 10.1. The van der Waals surface area contributed by atoms with Crippen molar-refractivity contribution in [3.8, 4) is 11.8 Å². The molecule has 0 aliphatic rings. The van der Waals surface area contributed by atoms with Gasteiger partial charge in [-0.3, -0.25) is 4.79 Å². The van der Waals surface area contributed by atoms with Crippen LogP contribution in [0.1, 0.15) is 22.7 Å². The van der Waals surface area contributed by atoms with Gasteiger partial charge in [-0.05, 0) is 49.5 Å². The van der Waals surface area contributed by atoms with Crippen molar-refractivity contribution in [3.63, 3.8) is 0 Å². The Morgan fingerprint density at radius 3 is 2.73 bits per heavy atom. The summed E-state index contributed by atoms with van der Waals surface area (Å²) >= 11 is 0. The topological polar surface area (TPSA) is 65.4 Å². The van der Waals surface area contributed by atoms with Crippen LogP contribution < -0.4 is 10.1 Å². The van der Waals surface area contributed by atoms with E-state index in [2.05, 4.69) is 11.4 Å². The number of carbonyl (C=O) groups excluding carboxylic acids is 1. The Bertz CT molecular complexity index is 822. The Labute approximate surface area is 154 Å². The molecule has 1 unspecified atom stereocenters. The molecule has 2 rings (SSSR count). The highest BCUT2D eigenvalue weighted by Crippen LogP contribution is 2.22. The molecule has 1 N–H and O–H groups in total. The Morgan fingerprint density at radius 2 is 2.04 bits per heavy atom. The van der Waals surface area contributed by atoms with Gasteiger partial charge >= 0.3 is 0 Å². The van der Waals surface area contributed by atoms with Crippen molar-refractivity contribution in [2.24, 2.45) is 0 Å². The molecule has 0 fully saturated rings. The maximum absolute atomic E-state index is 12.2. The monoisotopic (exact) mass is 349 g/mol. The van der Waals surface area contributed by atoms with Crippen LogP contribution >= 0.6 is 0 Å². The molecule has 2 aromatic carbocycles. The number of carbonyl (C=O) groups is 1. The van der Waals surface area contributed by atoms with E-state index in [0.29, 0.717) is 12.1 Å². The summed E-state index contributed by atoms with van der Waals surface area (Å²) in [7, 11) is 5.57. The number of hydrogen-bond donors (Lipinski definition) is 1. The summed E-state index contributed by atoms with van der Waals surface area (Å²) in [5, 5.41) is 12.0. The molecule has 0 heterocycles. The van der Waals surface area contributed by atoms with Crippen LogP contribution in [0.5, 0.6) is 5.75 Å². The van der Waals surface area contributed by atoms with Gasteiger partial charge in [0.05, 0.1) is 24.8 Å². The van der Waals surface area contributed by atoms with Gasteiger partial charge in [0.25, 0.3) is 0 Å². The molecule has 1 atom stereocenters. The highest BCUT2D eigenvalue weighted by molar-refractivity contribution is 5.92. The zero-order valence-electron chi connectivity index (χ0n) is 15.3. The van der Waals surface area contributed by atoms with Crippen LogP contribution in [0.25, 0.3) is 6.08 Å². The van der Waals surface area contributed by atoms with Crippen molar-refractivity contribution in [1.82, 2.24) is 10.2 Å². The van der Waals surface area contributed by atoms with Crippen molar-refractivity contribution < 1.29 is 9.53 Å². The fourth-order valence-electron chi connectivity index (χ4n) is 2.61. The molecular weight excluding hydrogens is 326 g/mol. The lowest BCUT2D eigenvalue weighted by molar-refractivity contribution is -0.116. The predicted octanol–water partition coefficient (Wildman–Crippen LogP) is 3.00. The van der Waals surface area contributed by atoms with Gasteiger partial charge in [-0.1, -0.05) is 30.3 Å². The summed E-state index contributed by atoms with van der Waals surface area (Å²) in [5.41, 5.74) is 2.33. The molecule has 1 amide bonds. The van der Waals surface area contributed by atoms with Gasteiger partial charge in [0.2, 0.25) is 5.91 Å². The Kier molecular flexibility index (Phi) is 6.95. The molecule has 0 aliphatic heterocycles. The van der Waals surface area contributed by atoms with Crippen LogP contribution in [0.2, 0.25) is 0 Å². The number of rotatable bonds is 7. The van der Waals surface area contributed by atoms with E-state index in [-0.39, 0.29) is 11.9 Å². The third-order valence-corrected chi connectivity index (χ3v) is 4.07. The van der Waals surface area contributed by atoms with Crippen molar-refractivity contribution in [1.29, 1.82) is 5.26 Å². The first kappa shape index (κ1) is 19.2. The highest BCUT2D eigenvalue weighted by Gasteiger charge is 2.15. The number of hydrogen-bond acceptors (Lipinski definition) is 4. The number of methoxy groups -OCH3 is 1. The molecule has 134 valence electrons. The van der Waals surface area contributed by atoms with E-state index in [1.54, 1.807) is 31.4 Å². The van der Waals surface area contributed by atoms with Crippen molar-refractivity contribution in [2.45, 2.75) is 6.04 Å². The van der Waals surface area contributed by atoms with Gasteiger partial charge in [-0.25, -0.2) is 0 Å². The van der Waals surface area contributed by atoms with Gasteiger partial charge in [-0.15, -0.1) is 0 Å². The summed E-state index contributed by atoms with van der Waals surface area (Å²) in [6, 6.07) is 17.1. The second-order valence-electron chi connectivity index (χ2n) is 6.03. The number of nitriles is 1. The molecule has 0 radical (unpaired) electrons. The fourth-order valence-corrected chi connectivity index (χ4v) is 2.61. The Morgan fingerprint density at radius 1 is 1.27 bits per heavy atom. The van der Waals surface area contributed by atoms with Crippen LogP contribution in [-0.4, -0.2) is 38.6 Å². The first-order chi connectivity index (χ1) is 12.5. The van der Waals surface area contributed by atoms with E-state index < -0.39 is 0 Å². The fraction of sp³-hybridized carbons (Fsp3) is 0.238. The summed E-state index contributed by atoms with van der Waals surface area (Å²) < 4.78 is 5.28. The van der Waals surface area contributed by atoms with Gasteiger partial charge in [-0.2, -0.15) is 5.26 Å². The number of benzene rings is 2. The zero-order valence-corrected chi connectivity index (χ0v) is 15.3. The highest BCUT2D eigenvalue weighted by atomic mass is 16.5. The molecule has 0 spiro atoms. The molecule has 0 aliphatic carbocycles. The van der Waals surface area contributed by atoms with E-state index in [1.165, 1.54) is 6.08 Å². The van der Waals surface area contributed by atoms with Crippen LogP contribution in [-0.2, 0) is 4.79 Å². The van der Waals surface area contributed by atoms with Gasteiger partial charge in [0, 0.05) is 12.6 Å². The van der Waals surface area contributed by atoms with Gasteiger partial charge < -0.3 is 15.0 Å². The lowest BCUT2D eigenvalue weighted by Crippen LogP contribution is -2.33. The molecule has 0 aromatic heterocycles. The molecular formula is C21H23N3O2. The summed E-state index contributed by atoms with van der Waals surface area (Å²) in [4.78, 5) is 14.2. The average Bonchev–Trinajstić information content (AvgIpc) is 2.66. The van der Waals surface area contributed by atoms with Crippen LogP contribution in [0, 0.1) is 11.3 Å². The minimum absolute atomic E-state index is 0.0221. The first-order valence-electron chi connectivity index (χ1n) is 8.30. The maximum Gasteiger partial charge on any atom is 0.244 e. The Balaban J connectivity index is 2.03. The number of amides is 1. The summed E-state index contributed by atoms with van der Waals surface area (Å²) in [6.45, 7) is 0.462. The van der Waals surface area contributed by atoms with E-state index in [9.17, 15) is 4.79 Å². The van der Waals surface area contributed by atoms with Gasteiger partial charge in [0.15, 0.2) is 0 Å². The summed E-state index contributed by atoms with van der Waals surface area (Å²) in [5.74, 6) is 0.584. The molecule has 5 heteroatoms. The van der Waals surface area contributed by atoms with E-state index in [4.69, 9.17) is 10.00 Å². The van der Waals surface area contributed by atoms with Crippen molar-refractivity contribution in [3.05, 3.63) is 71.3 Å². The first-order valence-corrected chi connectivity index (χ1v) is 8.30. The van der Waals surface area contributed by atoms with Gasteiger partial charge in [0.1, 0.15) is 5.75 Å². The molecule has 2 aromatic rings. The standard InChI is InChI=1S/C21H23N3O2/c1-24(2)20(17-9-6-10-19(13-17)26-3)15-23-21(25)12-11-16-7-4-5-8-18(16)14-22/h4-13,20H,15H2,1-3H3,(H,23,25)/b12-11+. The largest absolute Gasteiger partial charge is 0.497 e. The SMILES string of the molecule is COc1cccc(C(CNC(=O)/C=C/c2ccccc2C#N)N(C)C)c1. The lowest BCUT2D eigenvalue weighted by Gasteiger charge is -2.25. The number of likely N-dealkylation sites (N-methyl/N-ethyl adjacent to an activating group) is 1. The van der Waals surface area contributed by atoms with E-state index in [1.807, 2.05) is 49.3 Å². The minimum Gasteiger partial charge on any atom is -0.497 e. The number of nitrogens with one attached hydrogen (secondary N) is 1. The third-order valence-electron chi connectivity index (χ3n) is 4.07. The van der Waals surface area contributed by atoms with Crippen molar-refractivity contribution in [2.75, 3.05) is 27.7 Å². The number of nitrogens with zero attached hydrogens (tertiary/aromatic N) is 2. The molecule has 0 saturated carbocycles. The quantitative estimate of drug-likeness (QED) is 0.781. The molecule has 0 saturated heterocycles. The van der Waals surface area contributed by atoms with Crippen LogP contribution in [0.4, 0.5) is 0 Å². The average molecular weight is 349 g/mol. The summed E-state index contributed by atoms with van der Waals surface area (Å²) in [6.07, 6.45) is 3.11. The maximum atomic E-state index is 12.2. The second-order valence-corrected chi connectivity index (χ2v) is 6.03. The molecule has 26 heavy (non-hydrogen) atoms. The second kappa shape index (κ2) is 9.40. The van der Waals surface area contributed by atoms with Crippen LogP contribution in [0.3, 0.4) is 0 Å². The third kappa shape index (κ3) is 5.20. The predicted molar refractivity (Wildman–Crippen MR) is 103 cm³/mol. The normalized spacial score (nSPS) is 12.0. The minimum atomic E-state index is -0.201. The van der Waals surface area contributed by atoms with E-state index in [0.717, 1.165) is 16.9 Å². The van der Waals surface area contributed by atoms with Crippen molar-refractivity contribution >= 4 is 12.0 Å². The van der Waals surface area contributed by atoms with E-state index >= 15 is 0 Å². The Hall–Kier alpha value is -3.10. The van der Waals surface area contributed by atoms with Crippen LogP contribution in [0.15, 0.2) is 54.6 Å². The smallest absolute Gasteiger partial charge is 0.244 e. The molecule has 0 bridgehead atoms. The molecule has 5 nitrogen and oxygen atoms in total. The number of ether oxygens (including phenoxy) is 1.